The maximum Gasteiger partial charge on any atom is 0.335 e. The summed E-state index contributed by atoms with van der Waals surface area (Å²) in [6.07, 6.45) is 0. The molecule has 1 aliphatic rings. The first-order chi connectivity index (χ1) is 12.4. The fourth-order valence-electron chi connectivity index (χ4n) is 2.86. The Balaban J connectivity index is 1.96. The number of benzene rings is 2. The molecule has 0 atom stereocenters. The molecule has 2 aromatic rings. The van der Waals surface area contributed by atoms with E-state index in [4.69, 9.17) is 9.84 Å². The fourth-order valence-corrected chi connectivity index (χ4v) is 4.21. The Hall–Kier alpha value is -2.58. The molecule has 2 N–H and O–H groups in total. The van der Waals surface area contributed by atoms with Crippen molar-refractivity contribution in [3.8, 4) is 0 Å². The number of ether oxygens (including phenoxy) is 1. The minimum Gasteiger partial charge on any atom is -0.478 e. The number of aromatic carboxylic acids is 1. The number of hydrogen-bond acceptors (Lipinski definition) is 5. The number of hydrogen-bond donors (Lipinski definition) is 2. The van der Waals surface area contributed by atoms with E-state index in [1.807, 2.05) is 12.1 Å². The van der Waals surface area contributed by atoms with Crippen LogP contribution < -0.4 is 9.62 Å². The zero-order valence-corrected chi connectivity index (χ0v) is 15.1. The highest BCUT2D eigenvalue weighted by molar-refractivity contribution is 7.92. The SMILES string of the molecule is Cc1ccc(C(=O)O)cc1S(=O)(=O)Nc1ccccc1N1CCOCC1. The van der Waals surface area contributed by atoms with Gasteiger partial charge in [0.05, 0.1) is 35.0 Å². The molecule has 0 amide bonds. The van der Waals surface area contributed by atoms with E-state index < -0.39 is 16.0 Å². The van der Waals surface area contributed by atoms with E-state index in [1.165, 1.54) is 18.2 Å². The zero-order chi connectivity index (χ0) is 18.7. The van der Waals surface area contributed by atoms with Crippen LogP contribution in [-0.2, 0) is 14.8 Å². The number of carbonyl (C=O) groups is 1. The van der Waals surface area contributed by atoms with E-state index in [-0.39, 0.29) is 10.5 Å². The van der Waals surface area contributed by atoms with Gasteiger partial charge in [-0.1, -0.05) is 18.2 Å². The number of carboxylic acid groups (broad SMARTS) is 1. The normalized spacial score (nSPS) is 14.9. The molecule has 138 valence electrons. The van der Waals surface area contributed by atoms with Gasteiger partial charge in [0, 0.05) is 13.1 Å². The summed E-state index contributed by atoms with van der Waals surface area (Å²) in [4.78, 5) is 13.2. The Kier molecular flexibility index (Phi) is 5.15. The number of carboxylic acids is 1. The van der Waals surface area contributed by atoms with Gasteiger partial charge in [-0.3, -0.25) is 4.72 Å². The minimum atomic E-state index is -3.93. The van der Waals surface area contributed by atoms with Crippen LogP contribution in [0.25, 0.3) is 0 Å². The third-order valence-corrected chi connectivity index (χ3v) is 5.73. The van der Waals surface area contributed by atoms with Crippen molar-refractivity contribution in [3.63, 3.8) is 0 Å². The van der Waals surface area contributed by atoms with Crippen molar-refractivity contribution < 1.29 is 23.1 Å². The lowest BCUT2D eigenvalue weighted by Gasteiger charge is -2.30. The molecule has 0 unspecified atom stereocenters. The Morgan fingerprint density at radius 2 is 1.85 bits per heavy atom. The summed E-state index contributed by atoms with van der Waals surface area (Å²) in [6, 6.07) is 11.2. The molecule has 0 bridgehead atoms. The van der Waals surface area contributed by atoms with Gasteiger partial charge < -0.3 is 14.7 Å². The smallest absolute Gasteiger partial charge is 0.335 e. The third-order valence-electron chi connectivity index (χ3n) is 4.22. The van der Waals surface area contributed by atoms with Gasteiger partial charge >= 0.3 is 5.97 Å². The molecule has 7 nitrogen and oxygen atoms in total. The summed E-state index contributed by atoms with van der Waals surface area (Å²) >= 11 is 0. The van der Waals surface area contributed by atoms with E-state index in [9.17, 15) is 13.2 Å². The maximum absolute atomic E-state index is 12.9. The van der Waals surface area contributed by atoms with Gasteiger partial charge in [-0.05, 0) is 36.8 Å². The van der Waals surface area contributed by atoms with E-state index in [0.29, 0.717) is 37.6 Å². The van der Waals surface area contributed by atoms with Gasteiger partial charge in [-0.2, -0.15) is 0 Å². The van der Waals surface area contributed by atoms with Gasteiger partial charge in [0.2, 0.25) is 0 Å². The van der Waals surface area contributed by atoms with E-state index in [0.717, 1.165) is 5.69 Å². The van der Waals surface area contributed by atoms with Gasteiger partial charge in [0.1, 0.15) is 0 Å². The van der Waals surface area contributed by atoms with Crippen LogP contribution >= 0.6 is 0 Å². The predicted molar refractivity (Wildman–Crippen MR) is 98.4 cm³/mol. The lowest BCUT2D eigenvalue weighted by atomic mass is 10.1. The highest BCUT2D eigenvalue weighted by Crippen LogP contribution is 2.29. The third kappa shape index (κ3) is 3.81. The van der Waals surface area contributed by atoms with Crippen LogP contribution in [0.15, 0.2) is 47.4 Å². The fraction of sp³-hybridized carbons (Fsp3) is 0.278. The number of morpholine rings is 1. The number of aryl methyl sites for hydroxylation is 1. The maximum atomic E-state index is 12.9. The molecule has 1 fully saturated rings. The van der Waals surface area contributed by atoms with Crippen molar-refractivity contribution in [2.24, 2.45) is 0 Å². The Morgan fingerprint density at radius 3 is 2.54 bits per heavy atom. The van der Waals surface area contributed by atoms with Crippen molar-refractivity contribution in [2.45, 2.75) is 11.8 Å². The molecule has 0 spiro atoms. The first-order valence-corrected chi connectivity index (χ1v) is 9.65. The summed E-state index contributed by atoms with van der Waals surface area (Å²) in [5.41, 5.74) is 1.63. The van der Waals surface area contributed by atoms with Crippen molar-refractivity contribution in [2.75, 3.05) is 35.9 Å². The summed E-state index contributed by atoms with van der Waals surface area (Å²) in [5.74, 6) is -1.17. The van der Waals surface area contributed by atoms with Crippen LogP contribution in [0.3, 0.4) is 0 Å². The Morgan fingerprint density at radius 1 is 1.15 bits per heavy atom. The molecule has 1 saturated heterocycles. The summed E-state index contributed by atoms with van der Waals surface area (Å²) in [5, 5.41) is 9.14. The predicted octanol–water partition coefficient (Wildman–Crippen LogP) is 2.33. The summed E-state index contributed by atoms with van der Waals surface area (Å²) in [6.45, 7) is 4.15. The second kappa shape index (κ2) is 7.35. The molecule has 2 aromatic carbocycles. The highest BCUT2D eigenvalue weighted by Gasteiger charge is 2.22. The molecule has 0 saturated carbocycles. The zero-order valence-electron chi connectivity index (χ0n) is 14.3. The molecule has 1 aliphatic heterocycles. The first kappa shape index (κ1) is 18.2. The number of para-hydroxylation sites is 2. The van der Waals surface area contributed by atoms with Gasteiger partial charge in [-0.25, -0.2) is 13.2 Å². The number of nitrogens with zero attached hydrogens (tertiary/aromatic N) is 1. The molecular weight excluding hydrogens is 356 g/mol. The topological polar surface area (TPSA) is 95.9 Å². The van der Waals surface area contributed by atoms with Crippen LogP contribution in [0.1, 0.15) is 15.9 Å². The van der Waals surface area contributed by atoms with E-state index >= 15 is 0 Å². The molecular formula is C18H20N2O5S. The first-order valence-electron chi connectivity index (χ1n) is 8.17. The average molecular weight is 376 g/mol. The quantitative estimate of drug-likeness (QED) is 0.831. The molecule has 3 rings (SSSR count). The lowest BCUT2D eigenvalue weighted by Crippen LogP contribution is -2.36. The van der Waals surface area contributed by atoms with Crippen molar-refractivity contribution >= 4 is 27.4 Å². The Bertz CT molecular complexity index is 921. The number of anilines is 2. The van der Waals surface area contributed by atoms with Crippen LogP contribution in [0, 0.1) is 6.92 Å². The molecule has 26 heavy (non-hydrogen) atoms. The summed E-state index contributed by atoms with van der Waals surface area (Å²) in [7, 11) is -3.93. The monoisotopic (exact) mass is 376 g/mol. The molecule has 0 radical (unpaired) electrons. The number of sulfonamides is 1. The molecule has 1 heterocycles. The van der Waals surface area contributed by atoms with Gasteiger partial charge in [0.15, 0.2) is 0 Å². The second-order valence-corrected chi connectivity index (χ2v) is 7.66. The standard InChI is InChI=1S/C18H20N2O5S/c1-13-6-7-14(18(21)22)12-17(13)26(23,24)19-15-4-2-3-5-16(15)20-8-10-25-11-9-20/h2-7,12,19H,8-11H2,1H3,(H,21,22). The van der Waals surface area contributed by atoms with Crippen molar-refractivity contribution in [3.05, 3.63) is 53.6 Å². The second-order valence-electron chi connectivity index (χ2n) is 6.01. The molecule has 0 aromatic heterocycles. The Labute approximate surface area is 152 Å². The van der Waals surface area contributed by atoms with Crippen LogP contribution in [0.2, 0.25) is 0 Å². The van der Waals surface area contributed by atoms with Crippen LogP contribution in [0.4, 0.5) is 11.4 Å². The highest BCUT2D eigenvalue weighted by atomic mass is 32.2. The molecule has 8 heteroatoms. The number of nitrogens with one attached hydrogen (secondary N) is 1. The number of rotatable bonds is 5. The van der Waals surface area contributed by atoms with Gasteiger partial charge in [0.25, 0.3) is 10.0 Å². The van der Waals surface area contributed by atoms with Crippen molar-refractivity contribution in [1.29, 1.82) is 0 Å². The molecule has 0 aliphatic carbocycles. The summed E-state index contributed by atoms with van der Waals surface area (Å²) < 4.78 is 33.7. The minimum absolute atomic E-state index is 0.0471. The van der Waals surface area contributed by atoms with E-state index in [2.05, 4.69) is 9.62 Å². The average Bonchev–Trinajstić information content (AvgIpc) is 2.62. The largest absolute Gasteiger partial charge is 0.478 e. The van der Waals surface area contributed by atoms with Crippen LogP contribution in [-0.4, -0.2) is 45.8 Å². The van der Waals surface area contributed by atoms with Gasteiger partial charge in [-0.15, -0.1) is 0 Å². The van der Waals surface area contributed by atoms with Crippen molar-refractivity contribution in [1.82, 2.24) is 0 Å². The van der Waals surface area contributed by atoms with E-state index in [1.54, 1.807) is 19.1 Å². The van der Waals surface area contributed by atoms with Crippen LogP contribution in [0.5, 0.6) is 0 Å². The lowest BCUT2D eigenvalue weighted by molar-refractivity contribution is 0.0696.